The fourth-order valence-corrected chi connectivity index (χ4v) is 5.72. The van der Waals surface area contributed by atoms with Crippen molar-refractivity contribution in [2.75, 3.05) is 31.1 Å². The highest BCUT2D eigenvalue weighted by atomic mass is 16.2. The number of carbonyl (C=O) groups is 2. The number of aryl methyl sites for hydroxylation is 2. The van der Waals surface area contributed by atoms with Gasteiger partial charge in [0.1, 0.15) is 0 Å². The zero-order chi connectivity index (χ0) is 21.9. The van der Waals surface area contributed by atoms with Crippen LogP contribution in [0.25, 0.3) is 0 Å². The van der Waals surface area contributed by atoms with E-state index in [1.165, 1.54) is 29.5 Å². The maximum absolute atomic E-state index is 13.0. The van der Waals surface area contributed by atoms with Crippen LogP contribution in [-0.2, 0) is 24.1 Å². The molecule has 4 nitrogen and oxygen atoms in total. The van der Waals surface area contributed by atoms with E-state index in [0.717, 1.165) is 69.5 Å². The summed E-state index contributed by atoms with van der Waals surface area (Å²) in [5, 5.41) is 0. The number of rotatable bonds is 7. The second kappa shape index (κ2) is 9.58. The van der Waals surface area contributed by atoms with E-state index in [2.05, 4.69) is 47.4 Å². The number of amides is 1. The molecule has 5 rings (SSSR count). The highest BCUT2D eigenvalue weighted by molar-refractivity contribution is 6.01. The van der Waals surface area contributed by atoms with Gasteiger partial charge in [0, 0.05) is 31.5 Å². The Labute approximate surface area is 191 Å². The number of piperidine rings is 1. The first-order chi connectivity index (χ1) is 15.7. The number of benzene rings is 2. The monoisotopic (exact) mass is 430 g/mol. The Morgan fingerprint density at radius 2 is 1.69 bits per heavy atom. The van der Waals surface area contributed by atoms with Crippen LogP contribution >= 0.6 is 0 Å². The van der Waals surface area contributed by atoms with E-state index in [0.29, 0.717) is 18.8 Å². The van der Waals surface area contributed by atoms with Crippen molar-refractivity contribution in [3.63, 3.8) is 0 Å². The van der Waals surface area contributed by atoms with Gasteiger partial charge >= 0.3 is 0 Å². The third kappa shape index (κ3) is 4.66. The maximum Gasteiger partial charge on any atom is 0.227 e. The molecule has 3 aliphatic rings. The minimum Gasteiger partial charge on any atom is -0.312 e. The third-order valence-electron chi connectivity index (χ3n) is 7.64. The van der Waals surface area contributed by atoms with Crippen molar-refractivity contribution in [1.29, 1.82) is 0 Å². The van der Waals surface area contributed by atoms with Gasteiger partial charge < -0.3 is 9.80 Å². The van der Waals surface area contributed by atoms with Crippen LogP contribution in [0.1, 0.15) is 65.6 Å². The molecule has 1 fully saturated rings. The van der Waals surface area contributed by atoms with E-state index in [4.69, 9.17) is 0 Å². The summed E-state index contributed by atoms with van der Waals surface area (Å²) in [6, 6.07) is 14.9. The average molecular weight is 431 g/mol. The first-order valence-electron chi connectivity index (χ1n) is 12.4. The van der Waals surface area contributed by atoms with E-state index in [9.17, 15) is 9.59 Å². The first kappa shape index (κ1) is 21.4. The van der Waals surface area contributed by atoms with Gasteiger partial charge in [-0.15, -0.1) is 0 Å². The summed E-state index contributed by atoms with van der Waals surface area (Å²) < 4.78 is 0. The molecule has 0 N–H and O–H groups in total. The van der Waals surface area contributed by atoms with Crippen molar-refractivity contribution in [1.82, 2.24) is 4.90 Å². The molecular formula is C28H34N2O2. The molecule has 2 aromatic rings. The van der Waals surface area contributed by atoms with Crippen molar-refractivity contribution in [2.45, 2.75) is 57.8 Å². The molecule has 0 bridgehead atoms. The van der Waals surface area contributed by atoms with Gasteiger partial charge in [0.2, 0.25) is 5.91 Å². The predicted octanol–water partition coefficient (Wildman–Crippen LogP) is 4.83. The summed E-state index contributed by atoms with van der Waals surface area (Å²) in [7, 11) is 0. The van der Waals surface area contributed by atoms with Crippen LogP contribution in [0.3, 0.4) is 0 Å². The third-order valence-corrected chi connectivity index (χ3v) is 7.64. The van der Waals surface area contributed by atoms with E-state index < -0.39 is 0 Å². The van der Waals surface area contributed by atoms with Gasteiger partial charge in [-0.2, -0.15) is 0 Å². The maximum atomic E-state index is 13.0. The van der Waals surface area contributed by atoms with Crippen LogP contribution in [0.15, 0.2) is 42.5 Å². The topological polar surface area (TPSA) is 40.6 Å². The number of anilines is 1. The molecule has 0 aromatic heterocycles. The molecule has 32 heavy (non-hydrogen) atoms. The van der Waals surface area contributed by atoms with Crippen molar-refractivity contribution in [3.8, 4) is 0 Å². The molecular weight excluding hydrogens is 396 g/mol. The van der Waals surface area contributed by atoms with Gasteiger partial charge in [0.05, 0.1) is 5.69 Å². The number of hydrogen-bond acceptors (Lipinski definition) is 3. The van der Waals surface area contributed by atoms with E-state index >= 15 is 0 Å². The van der Waals surface area contributed by atoms with Crippen molar-refractivity contribution >= 4 is 17.4 Å². The molecule has 1 amide bonds. The second-order valence-electron chi connectivity index (χ2n) is 9.77. The number of carbonyl (C=O) groups excluding carboxylic acids is 2. The van der Waals surface area contributed by atoms with Gasteiger partial charge in [-0.1, -0.05) is 30.3 Å². The number of ketones is 1. The van der Waals surface area contributed by atoms with E-state index in [1.807, 2.05) is 4.90 Å². The Kier molecular flexibility index (Phi) is 6.40. The molecule has 0 aliphatic carbocycles. The van der Waals surface area contributed by atoms with E-state index in [-0.39, 0.29) is 11.7 Å². The lowest BCUT2D eigenvalue weighted by Crippen LogP contribution is -2.39. The zero-order valence-corrected chi connectivity index (χ0v) is 19.0. The fourth-order valence-electron chi connectivity index (χ4n) is 5.72. The van der Waals surface area contributed by atoms with E-state index in [1.54, 1.807) is 0 Å². The molecule has 4 heteroatoms. The van der Waals surface area contributed by atoms with Crippen LogP contribution < -0.4 is 4.90 Å². The molecule has 0 radical (unpaired) electrons. The number of hydrogen-bond donors (Lipinski definition) is 0. The Balaban J connectivity index is 1.12. The molecule has 1 saturated heterocycles. The highest BCUT2D eigenvalue weighted by Gasteiger charge is 2.30. The molecule has 0 atom stereocenters. The van der Waals surface area contributed by atoms with Crippen LogP contribution in [-0.4, -0.2) is 42.8 Å². The molecule has 2 aromatic carbocycles. The van der Waals surface area contributed by atoms with Gasteiger partial charge in [-0.3, -0.25) is 9.59 Å². The number of nitrogens with zero attached hydrogens (tertiary/aromatic N) is 2. The second-order valence-corrected chi connectivity index (χ2v) is 9.77. The summed E-state index contributed by atoms with van der Waals surface area (Å²) in [6.45, 7) is 4.26. The minimum atomic E-state index is 0.243. The van der Waals surface area contributed by atoms with Crippen molar-refractivity contribution in [3.05, 3.63) is 64.7 Å². The van der Waals surface area contributed by atoms with Crippen molar-refractivity contribution in [2.24, 2.45) is 5.92 Å². The summed E-state index contributed by atoms with van der Waals surface area (Å²) >= 11 is 0. The lowest BCUT2D eigenvalue weighted by atomic mass is 9.87. The first-order valence-corrected chi connectivity index (χ1v) is 12.4. The number of Topliss-reactive ketones (excluding diaryl/α,β-unsaturated/α-hetero) is 1. The number of likely N-dealkylation sites (tertiary alicyclic amines) is 1. The minimum absolute atomic E-state index is 0.243. The SMILES string of the molecule is O=C(CCC1CCN(CCc2ccccc2)CC1)c1cc2c3c(c1)CCC(=O)N3CCC2. The summed E-state index contributed by atoms with van der Waals surface area (Å²) in [6.07, 6.45) is 8.51. The van der Waals surface area contributed by atoms with Gasteiger partial charge in [-0.25, -0.2) is 0 Å². The van der Waals surface area contributed by atoms with Gasteiger partial charge in [0.25, 0.3) is 0 Å². The Bertz CT molecular complexity index is 959. The quantitative estimate of drug-likeness (QED) is 0.591. The van der Waals surface area contributed by atoms with Gasteiger partial charge in [-0.05, 0) is 92.8 Å². The largest absolute Gasteiger partial charge is 0.312 e. The molecule has 168 valence electrons. The van der Waals surface area contributed by atoms with Crippen molar-refractivity contribution < 1.29 is 9.59 Å². The standard InChI is InChI=1S/C28H34N2O2/c31-26(25-19-23-7-4-15-30-27(32)11-9-24(20-25)28(23)30)10-8-22-13-17-29(18-14-22)16-12-21-5-2-1-3-6-21/h1-3,5-6,19-20,22H,4,7-18H2. The lowest BCUT2D eigenvalue weighted by molar-refractivity contribution is -0.119. The Morgan fingerprint density at radius 3 is 2.47 bits per heavy atom. The van der Waals surface area contributed by atoms with Crippen LogP contribution in [0.4, 0.5) is 5.69 Å². The summed E-state index contributed by atoms with van der Waals surface area (Å²) in [5.74, 6) is 1.19. The zero-order valence-electron chi connectivity index (χ0n) is 19.0. The van der Waals surface area contributed by atoms with Crippen LogP contribution in [0, 0.1) is 5.92 Å². The Morgan fingerprint density at radius 1 is 0.938 bits per heavy atom. The molecule has 3 aliphatic heterocycles. The predicted molar refractivity (Wildman–Crippen MR) is 128 cm³/mol. The molecule has 0 saturated carbocycles. The van der Waals surface area contributed by atoms with Gasteiger partial charge in [0.15, 0.2) is 5.78 Å². The molecule has 0 spiro atoms. The molecule has 0 unspecified atom stereocenters. The summed E-state index contributed by atoms with van der Waals surface area (Å²) in [4.78, 5) is 29.8. The van der Waals surface area contributed by atoms with Crippen LogP contribution in [0.5, 0.6) is 0 Å². The average Bonchev–Trinajstić information content (AvgIpc) is 2.84. The summed E-state index contributed by atoms with van der Waals surface area (Å²) in [5.41, 5.74) is 5.81. The van der Waals surface area contributed by atoms with Crippen LogP contribution in [0.2, 0.25) is 0 Å². The molecule has 3 heterocycles. The highest BCUT2D eigenvalue weighted by Crippen LogP contribution is 2.37. The lowest BCUT2D eigenvalue weighted by Gasteiger charge is -2.35. The smallest absolute Gasteiger partial charge is 0.227 e. The Hall–Kier alpha value is -2.46. The fraction of sp³-hybridized carbons (Fsp3) is 0.500. The normalized spacial score (nSPS) is 19.1.